The van der Waals surface area contributed by atoms with Crippen LogP contribution in [-0.2, 0) is 48.2 Å². The Morgan fingerprint density at radius 2 is 1.76 bits per heavy atom. The number of carbonyl (C=O) groups is 4. The first-order valence-electron chi connectivity index (χ1n) is 11.8. The van der Waals surface area contributed by atoms with E-state index in [4.69, 9.17) is 18.9 Å². The van der Waals surface area contributed by atoms with E-state index in [1.807, 2.05) is 0 Å². The Morgan fingerprint density at radius 1 is 1.06 bits per heavy atom. The number of rotatable bonds is 7. The van der Waals surface area contributed by atoms with Gasteiger partial charge in [0.05, 0.1) is 22.1 Å². The second-order valence-electron chi connectivity index (χ2n) is 10.7. The highest BCUT2D eigenvalue weighted by Crippen LogP contribution is 2.60. The van der Waals surface area contributed by atoms with Crippen molar-refractivity contribution < 1.29 is 51.1 Å². The average Bonchev–Trinajstić information content (AvgIpc) is 3.37. The first kappa shape index (κ1) is 22.4. The molecule has 0 radical (unpaired) electrons. The molecule has 3 aliphatic heterocycles. The van der Waals surface area contributed by atoms with E-state index in [0.717, 1.165) is 12.8 Å². The summed E-state index contributed by atoms with van der Waals surface area (Å²) >= 11 is 0. The zero-order valence-corrected chi connectivity index (χ0v) is 19.1. The summed E-state index contributed by atoms with van der Waals surface area (Å²) in [5.74, 6) is -4.05. The number of hydrogen-bond acceptors (Lipinski definition) is 11. The maximum Gasteiger partial charge on any atom is 0.313 e. The molecule has 11 nitrogen and oxygen atoms in total. The molecule has 0 spiro atoms. The van der Waals surface area contributed by atoms with Gasteiger partial charge in [0.2, 0.25) is 0 Å². The maximum absolute atomic E-state index is 13.4. The monoisotopic (exact) mass is 497 g/mol. The minimum absolute atomic E-state index is 0.107. The first-order chi connectivity index (χ1) is 16.1. The van der Waals surface area contributed by atoms with E-state index >= 15 is 0 Å². The third-order valence-corrected chi connectivity index (χ3v) is 9.42. The lowest BCUT2D eigenvalue weighted by Gasteiger charge is -2.54. The van der Waals surface area contributed by atoms with E-state index in [1.165, 1.54) is 0 Å². The van der Waals surface area contributed by atoms with Gasteiger partial charge >= 0.3 is 17.9 Å². The van der Waals surface area contributed by atoms with Crippen molar-refractivity contribution >= 4 is 33.8 Å². The van der Waals surface area contributed by atoms with Crippen LogP contribution in [0, 0.1) is 35.0 Å². The molecule has 4 saturated carbocycles. The van der Waals surface area contributed by atoms with Crippen LogP contribution in [0.15, 0.2) is 0 Å². The van der Waals surface area contributed by atoms with E-state index in [0.29, 0.717) is 25.2 Å². The van der Waals surface area contributed by atoms with Crippen LogP contribution in [0.4, 0.5) is 0 Å². The van der Waals surface area contributed by atoms with Gasteiger partial charge in [0.1, 0.15) is 29.8 Å². The van der Waals surface area contributed by atoms with Crippen LogP contribution in [0.25, 0.3) is 0 Å². The van der Waals surface area contributed by atoms with Gasteiger partial charge in [0.15, 0.2) is 12.2 Å². The van der Waals surface area contributed by atoms with Gasteiger partial charge in [-0.1, -0.05) is 0 Å². The molecule has 0 aromatic heterocycles. The van der Waals surface area contributed by atoms with Crippen molar-refractivity contribution in [3.63, 3.8) is 0 Å². The summed E-state index contributed by atoms with van der Waals surface area (Å²) in [6, 6.07) is 0. The number of carbonyl (C=O) groups excluding carboxylic acids is 4. The normalized spacial score (nSPS) is 45.5. The molecule has 0 aromatic rings. The van der Waals surface area contributed by atoms with E-state index in [-0.39, 0.29) is 30.6 Å². The number of Topliss-reactive ketones (excluding diaryl/α,β-unsaturated/α-hetero) is 1. The quantitative estimate of drug-likeness (QED) is 0.197. The summed E-state index contributed by atoms with van der Waals surface area (Å²) in [5.41, 5.74) is -0.728. The highest BCUT2D eigenvalue weighted by atomic mass is 32.2. The van der Waals surface area contributed by atoms with Crippen LogP contribution in [0.1, 0.15) is 38.5 Å². The largest absolute Gasteiger partial charge is 0.748 e. The number of fused-ring (bicyclic) bond motifs is 1. The lowest BCUT2D eigenvalue weighted by molar-refractivity contribution is -0.187. The number of ketones is 1. The Bertz CT molecular complexity index is 1050. The van der Waals surface area contributed by atoms with Crippen LogP contribution in [0.5, 0.6) is 0 Å². The number of esters is 3. The molecule has 8 atom stereocenters. The van der Waals surface area contributed by atoms with Gasteiger partial charge in [-0.3, -0.25) is 19.2 Å². The van der Waals surface area contributed by atoms with E-state index < -0.39 is 75.4 Å². The van der Waals surface area contributed by atoms with Gasteiger partial charge in [0, 0.05) is 17.6 Å². The lowest BCUT2D eigenvalue weighted by atomic mass is 9.49. The molecule has 3 heterocycles. The van der Waals surface area contributed by atoms with Gasteiger partial charge in [-0.25, -0.2) is 8.42 Å². The van der Waals surface area contributed by atoms with Crippen molar-refractivity contribution in [2.24, 2.45) is 35.0 Å². The van der Waals surface area contributed by atoms with Gasteiger partial charge in [-0.15, -0.1) is 0 Å². The summed E-state index contributed by atoms with van der Waals surface area (Å²) < 4.78 is 54.5. The molecule has 0 aromatic carbocycles. The van der Waals surface area contributed by atoms with E-state index in [9.17, 15) is 32.1 Å². The molecule has 7 fully saturated rings. The third kappa shape index (κ3) is 3.32. The van der Waals surface area contributed by atoms with Crippen molar-refractivity contribution in [1.82, 2.24) is 0 Å². The number of ether oxygens (including phenoxy) is 4. The standard InChI is InChI=1S/C22H26O11S/c23-14-10-4-9-5-11(14)8-22(6-9,7-10)21(26)33-18-15-12(13-16(31-15)17(18)32-20(13)25)19(24)30-2-1-3-34(27,28)29/h9-13,15-18H,1-8H2,(H,27,28,29)/p-1. The van der Waals surface area contributed by atoms with Crippen LogP contribution in [0.3, 0.4) is 0 Å². The van der Waals surface area contributed by atoms with Crippen LogP contribution in [-0.4, -0.2) is 73.4 Å². The summed E-state index contributed by atoms with van der Waals surface area (Å²) in [6.45, 7) is -0.300. The Morgan fingerprint density at radius 3 is 2.44 bits per heavy atom. The fraction of sp³-hybridized carbons (Fsp3) is 0.818. The molecule has 3 saturated heterocycles. The van der Waals surface area contributed by atoms with Crippen LogP contribution in [0.2, 0.25) is 0 Å². The molecular weight excluding hydrogens is 472 g/mol. The summed E-state index contributed by atoms with van der Waals surface area (Å²) in [5, 5.41) is 0. The van der Waals surface area contributed by atoms with Gasteiger partial charge in [-0.05, 0) is 44.4 Å². The molecule has 186 valence electrons. The van der Waals surface area contributed by atoms with E-state index in [2.05, 4.69) is 0 Å². The Labute approximate surface area is 195 Å². The minimum Gasteiger partial charge on any atom is -0.748 e. The van der Waals surface area contributed by atoms with Crippen LogP contribution < -0.4 is 0 Å². The van der Waals surface area contributed by atoms with Crippen molar-refractivity contribution in [3.05, 3.63) is 0 Å². The fourth-order valence-electron chi connectivity index (χ4n) is 7.49. The van der Waals surface area contributed by atoms with Gasteiger partial charge in [-0.2, -0.15) is 0 Å². The van der Waals surface area contributed by atoms with Crippen molar-refractivity contribution in [3.8, 4) is 0 Å². The molecule has 7 rings (SSSR count). The lowest BCUT2D eigenvalue weighted by Crippen LogP contribution is -2.56. The highest BCUT2D eigenvalue weighted by molar-refractivity contribution is 7.85. The second-order valence-corrected chi connectivity index (χ2v) is 12.2. The molecule has 4 aliphatic carbocycles. The molecule has 34 heavy (non-hydrogen) atoms. The fourth-order valence-corrected chi connectivity index (χ4v) is 7.96. The molecule has 0 amide bonds. The topological polar surface area (TPSA) is 162 Å². The predicted molar refractivity (Wildman–Crippen MR) is 107 cm³/mol. The van der Waals surface area contributed by atoms with Crippen molar-refractivity contribution in [2.45, 2.75) is 62.9 Å². The van der Waals surface area contributed by atoms with Gasteiger partial charge in [0.25, 0.3) is 0 Å². The Balaban J connectivity index is 1.16. The average molecular weight is 497 g/mol. The summed E-state index contributed by atoms with van der Waals surface area (Å²) in [6.07, 6.45) is -0.290. The molecule has 8 unspecified atom stereocenters. The molecule has 0 N–H and O–H groups in total. The minimum atomic E-state index is -4.43. The smallest absolute Gasteiger partial charge is 0.313 e. The molecule has 7 aliphatic rings. The molecule has 12 heteroatoms. The Hall–Kier alpha value is -2.05. The maximum atomic E-state index is 13.4. The zero-order valence-electron chi connectivity index (χ0n) is 18.3. The number of hydrogen-bond donors (Lipinski definition) is 0. The van der Waals surface area contributed by atoms with E-state index in [1.54, 1.807) is 0 Å². The molecule has 6 bridgehead atoms. The first-order valence-corrected chi connectivity index (χ1v) is 13.3. The van der Waals surface area contributed by atoms with Gasteiger partial charge < -0.3 is 23.5 Å². The predicted octanol–water partition coefficient (Wildman–Crippen LogP) is -0.289. The SMILES string of the molecule is O=C1C2CC3CC1CC(C(=O)OC1C4OC(=O)C5C4OC1C5C(=O)OCCCS(=O)(=O)[O-])(C3)C2. The second kappa shape index (κ2) is 7.47. The summed E-state index contributed by atoms with van der Waals surface area (Å²) in [4.78, 5) is 51.1. The summed E-state index contributed by atoms with van der Waals surface area (Å²) in [7, 11) is -4.43. The van der Waals surface area contributed by atoms with Crippen molar-refractivity contribution in [2.75, 3.05) is 12.4 Å². The highest BCUT2D eigenvalue weighted by Gasteiger charge is 2.72. The Kier molecular flexibility index (Phi) is 4.93. The molecular formula is C22H25O11S-. The van der Waals surface area contributed by atoms with Crippen LogP contribution >= 0.6 is 0 Å². The zero-order chi connectivity index (χ0) is 24.0. The van der Waals surface area contributed by atoms with Crippen molar-refractivity contribution in [1.29, 1.82) is 0 Å². The third-order valence-electron chi connectivity index (χ3n) is 8.63.